The first-order chi connectivity index (χ1) is 27.2. The van der Waals surface area contributed by atoms with Crippen LogP contribution < -0.4 is 15.2 Å². The Morgan fingerprint density at radius 2 is 0.983 bits per heavy atom. The third-order valence-corrected chi connectivity index (χ3v) is 9.84. The van der Waals surface area contributed by atoms with E-state index in [9.17, 15) is 0 Å². The predicted molar refractivity (Wildman–Crippen MR) is 254 cm³/mol. The Morgan fingerprint density at radius 3 is 1.41 bits per heavy atom. The number of nitrogens with zero attached hydrogens (tertiary/aromatic N) is 3. The number of nitrogen functional groups attached to an aromatic ring is 1. The Kier molecular flexibility index (Phi) is 18.1. The molecule has 6 rings (SSSR count). The number of hydrogen-bond acceptors (Lipinski definition) is 6. The lowest BCUT2D eigenvalue weighted by molar-refractivity contribution is 0.397. The molecule has 0 saturated carbocycles. The first-order valence-electron chi connectivity index (χ1n) is 20.8. The monoisotopic (exact) mass is 801 g/mol. The molecule has 59 heavy (non-hydrogen) atoms. The molecule has 3 aromatic heterocycles. The summed E-state index contributed by atoms with van der Waals surface area (Å²) in [5.41, 5.74) is 17.1. The van der Waals surface area contributed by atoms with Gasteiger partial charge in [-0.25, -0.2) is 9.97 Å². The summed E-state index contributed by atoms with van der Waals surface area (Å²) in [5.74, 6) is 1.76. The molecule has 0 aliphatic heterocycles. The molecule has 0 amide bonds. The highest BCUT2D eigenvalue weighted by atomic mass is 16.5. The Bertz CT molecular complexity index is 2020. The number of rotatable bonds is 2. The van der Waals surface area contributed by atoms with Crippen LogP contribution in [0.3, 0.4) is 0 Å². The van der Waals surface area contributed by atoms with Crippen LogP contribution in [0.15, 0.2) is 104 Å². The molecule has 0 atom stereocenters. The lowest BCUT2D eigenvalue weighted by atomic mass is 9.85. The van der Waals surface area contributed by atoms with Gasteiger partial charge in [0.05, 0.1) is 14.2 Å². The topological polar surface area (TPSA) is 83.2 Å². The van der Waals surface area contributed by atoms with Crippen molar-refractivity contribution in [2.75, 3.05) is 20.0 Å². The number of aryl methyl sites for hydroxylation is 1. The van der Waals surface area contributed by atoms with Gasteiger partial charge in [0.15, 0.2) is 11.6 Å². The minimum Gasteiger partial charge on any atom is -0.493 e. The van der Waals surface area contributed by atoms with Crippen LogP contribution >= 0.6 is 0 Å². The normalized spacial score (nSPS) is 12.2. The van der Waals surface area contributed by atoms with Gasteiger partial charge in [-0.15, -0.1) is 0 Å². The second-order valence-corrected chi connectivity index (χ2v) is 20.2. The summed E-state index contributed by atoms with van der Waals surface area (Å²) in [7, 11) is 3.22. The number of ether oxygens (including phenoxy) is 2. The van der Waals surface area contributed by atoms with E-state index in [1.54, 1.807) is 20.4 Å². The van der Waals surface area contributed by atoms with Crippen LogP contribution in [0.1, 0.15) is 148 Å². The second kappa shape index (κ2) is 21.3. The maximum absolute atomic E-state index is 5.61. The maximum atomic E-state index is 5.61. The number of hydrogen-bond donors (Lipinski definition) is 1. The molecule has 2 aromatic carbocycles. The Hall–Kier alpha value is -4.97. The maximum Gasteiger partial charge on any atom is 0.212 e. The van der Waals surface area contributed by atoms with Gasteiger partial charge in [-0.1, -0.05) is 177 Å². The first kappa shape index (κ1) is 50.2. The number of aromatic nitrogens is 3. The summed E-state index contributed by atoms with van der Waals surface area (Å²) in [6, 6.07) is 27.5. The van der Waals surface area contributed by atoms with E-state index >= 15 is 0 Å². The SMILES string of the molecule is CC(C)(C)c1ccc2c(c1)C=CC2.CC(C)(C)c1ccccc1.COc1cc(C(C)(C)C)cnc1N.COc1ccc(C(C)(C)C)cn1.Cc1ccc(C(C)(C)C)cn1. The molecule has 0 spiro atoms. The molecule has 1 aliphatic rings. The van der Waals surface area contributed by atoms with Crippen molar-refractivity contribution in [3.8, 4) is 11.6 Å². The number of anilines is 1. The highest BCUT2D eigenvalue weighted by molar-refractivity contribution is 5.61. The number of nitrogens with two attached hydrogens (primary N) is 1. The zero-order valence-corrected chi connectivity index (χ0v) is 39.8. The van der Waals surface area contributed by atoms with E-state index in [-0.39, 0.29) is 21.7 Å². The molecule has 1 aliphatic carbocycles. The summed E-state index contributed by atoms with van der Waals surface area (Å²) in [6.07, 6.45) is 11.2. The zero-order chi connectivity index (χ0) is 44.8. The molecule has 3 heterocycles. The van der Waals surface area contributed by atoms with Gasteiger partial charge in [0.2, 0.25) is 5.88 Å². The average Bonchev–Trinajstić information content (AvgIpc) is 3.63. The van der Waals surface area contributed by atoms with Crippen molar-refractivity contribution in [2.24, 2.45) is 0 Å². The van der Waals surface area contributed by atoms with Gasteiger partial charge in [-0.05, 0) is 91.5 Å². The zero-order valence-electron chi connectivity index (χ0n) is 39.8. The minimum atomic E-state index is 0.0774. The van der Waals surface area contributed by atoms with E-state index in [1.807, 2.05) is 37.5 Å². The van der Waals surface area contributed by atoms with Crippen molar-refractivity contribution in [1.29, 1.82) is 0 Å². The van der Waals surface area contributed by atoms with Crippen molar-refractivity contribution in [2.45, 2.75) is 144 Å². The number of fused-ring (bicyclic) bond motifs is 1. The predicted octanol–water partition coefficient (Wildman–Crippen LogP) is 13.6. The average molecular weight is 801 g/mol. The van der Waals surface area contributed by atoms with Crippen LogP contribution in [0, 0.1) is 6.92 Å². The third-order valence-electron chi connectivity index (χ3n) is 9.84. The standard InChI is InChI=1S/C13H16.C10H16N2O.C10H15NO.C10H15N.C10H14/c1-13(2,3)12-8-7-10-5-4-6-11(10)9-12;1-10(2,3)7-5-8(13-4)9(11)12-6-7;1-10(2,3)8-5-6-9(12-4)11-7-8;1-8-5-6-9(7-11-8)10(2,3)4;1-10(2,3)9-7-5-4-6-8-9/h4,6-9H,5H2,1-3H3;5-6H,1-4H3,(H2,11,12);5-7H,1-4H3;5-7H,1-4H3;4-8H,1-3H3. The highest BCUT2D eigenvalue weighted by Crippen LogP contribution is 2.29. The van der Waals surface area contributed by atoms with E-state index in [1.165, 1.54) is 33.4 Å². The van der Waals surface area contributed by atoms with Gasteiger partial charge >= 0.3 is 0 Å². The molecule has 6 heteroatoms. The highest BCUT2D eigenvalue weighted by Gasteiger charge is 2.18. The largest absolute Gasteiger partial charge is 0.493 e. The molecule has 320 valence electrons. The van der Waals surface area contributed by atoms with Crippen LogP contribution in [0.4, 0.5) is 5.82 Å². The van der Waals surface area contributed by atoms with E-state index < -0.39 is 0 Å². The first-order valence-corrected chi connectivity index (χ1v) is 20.8. The Labute approximate surface area is 359 Å². The van der Waals surface area contributed by atoms with Crippen molar-refractivity contribution < 1.29 is 9.47 Å². The van der Waals surface area contributed by atoms with Gasteiger partial charge in [0, 0.05) is 30.4 Å². The third kappa shape index (κ3) is 17.4. The Morgan fingerprint density at radius 1 is 0.492 bits per heavy atom. The molecular formula is C53H76N4O2. The van der Waals surface area contributed by atoms with E-state index in [2.05, 4.69) is 192 Å². The van der Waals surface area contributed by atoms with Crippen molar-refractivity contribution in [3.63, 3.8) is 0 Å². The molecular weight excluding hydrogens is 725 g/mol. The molecule has 0 saturated heterocycles. The smallest absolute Gasteiger partial charge is 0.212 e. The lowest BCUT2D eigenvalue weighted by Crippen LogP contribution is -2.12. The summed E-state index contributed by atoms with van der Waals surface area (Å²) in [5, 5.41) is 0. The van der Waals surface area contributed by atoms with Crippen molar-refractivity contribution in [3.05, 3.63) is 148 Å². The summed E-state index contributed by atoms with van der Waals surface area (Å²) in [4.78, 5) is 12.5. The minimum absolute atomic E-state index is 0.0774. The van der Waals surface area contributed by atoms with Crippen molar-refractivity contribution >= 4 is 11.9 Å². The summed E-state index contributed by atoms with van der Waals surface area (Å²) < 4.78 is 10.1. The number of allylic oxidation sites excluding steroid dienone is 1. The van der Waals surface area contributed by atoms with Gasteiger partial charge in [0.25, 0.3) is 0 Å². The van der Waals surface area contributed by atoms with Gasteiger partial charge in [0.1, 0.15) is 0 Å². The molecule has 0 radical (unpaired) electrons. The number of pyridine rings is 3. The molecule has 0 bridgehead atoms. The van der Waals surface area contributed by atoms with Crippen LogP contribution in [-0.4, -0.2) is 29.2 Å². The molecule has 2 N–H and O–H groups in total. The second-order valence-electron chi connectivity index (χ2n) is 20.2. The van der Waals surface area contributed by atoms with Gasteiger partial charge < -0.3 is 15.2 Å². The molecule has 0 fully saturated rings. The summed E-state index contributed by atoms with van der Waals surface area (Å²) in [6.45, 7) is 34.9. The fraction of sp³-hybridized carbons (Fsp3) is 0.453. The van der Waals surface area contributed by atoms with E-state index in [4.69, 9.17) is 15.2 Å². The van der Waals surface area contributed by atoms with Gasteiger partial charge in [-0.2, -0.15) is 0 Å². The molecule has 0 unspecified atom stereocenters. The van der Waals surface area contributed by atoms with Crippen LogP contribution in [-0.2, 0) is 33.5 Å². The quantitative estimate of drug-likeness (QED) is 0.191. The van der Waals surface area contributed by atoms with Crippen LogP contribution in [0.25, 0.3) is 6.08 Å². The lowest BCUT2D eigenvalue weighted by Gasteiger charge is -2.19. The number of benzene rings is 2. The number of methoxy groups -OCH3 is 2. The van der Waals surface area contributed by atoms with E-state index in [0.717, 1.165) is 17.7 Å². The van der Waals surface area contributed by atoms with Gasteiger partial charge in [-0.3, -0.25) is 4.98 Å². The van der Waals surface area contributed by atoms with E-state index in [0.29, 0.717) is 22.9 Å². The van der Waals surface area contributed by atoms with Crippen molar-refractivity contribution in [1.82, 2.24) is 15.0 Å². The van der Waals surface area contributed by atoms with Crippen LogP contribution in [0.2, 0.25) is 0 Å². The molecule has 6 nitrogen and oxygen atoms in total. The fourth-order valence-electron chi connectivity index (χ4n) is 5.54. The van der Waals surface area contributed by atoms with Crippen LogP contribution in [0.5, 0.6) is 11.6 Å². The Balaban J connectivity index is 0.000000255. The molecule has 5 aromatic rings. The summed E-state index contributed by atoms with van der Waals surface area (Å²) >= 11 is 0. The fourth-order valence-corrected chi connectivity index (χ4v) is 5.54.